The molecule has 0 saturated carbocycles. The van der Waals surface area contributed by atoms with Gasteiger partial charge in [-0.25, -0.2) is 0 Å². The highest BCUT2D eigenvalue weighted by molar-refractivity contribution is 5.91. The second kappa shape index (κ2) is 5.28. The Balaban J connectivity index is 2.46. The summed E-state index contributed by atoms with van der Waals surface area (Å²) in [6.07, 6.45) is 0.406. The van der Waals surface area contributed by atoms with E-state index in [2.05, 4.69) is 0 Å². The summed E-state index contributed by atoms with van der Waals surface area (Å²) in [6, 6.07) is 10.3. The third kappa shape index (κ3) is 2.69. The van der Waals surface area contributed by atoms with E-state index in [0.717, 1.165) is 16.3 Å². The van der Waals surface area contributed by atoms with Crippen LogP contribution in [0.2, 0.25) is 0 Å². The van der Waals surface area contributed by atoms with Crippen LogP contribution in [0.15, 0.2) is 36.4 Å². The molecule has 19 heavy (non-hydrogen) atoms. The van der Waals surface area contributed by atoms with Crippen molar-refractivity contribution in [2.75, 3.05) is 14.1 Å². The molecule has 1 unspecified atom stereocenters. The zero-order chi connectivity index (χ0) is 14.0. The Kier molecular flexibility index (Phi) is 3.71. The summed E-state index contributed by atoms with van der Waals surface area (Å²) in [5.74, 6) is -0.627. The van der Waals surface area contributed by atoms with Gasteiger partial charge in [-0.05, 0) is 37.5 Å². The molecule has 0 heterocycles. The van der Waals surface area contributed by atoms with E-state index in [0.29, 0.717) is 6.42 Å². The number of carbonyl (C=O) groups is 1. The number of carboxylic acid groups (broad SMARTS) is 1. The van der Waals surface area contributed by atoms with E-state index in [-0.39, 0.29) is 5.75 Å². The molecule has 1 atom stereocenters. The van der Waals surface area contributed by atoms with Crippen LogP contribution in [0.5, 0.6) is 5.75 Å². The van der Waals surface area contributed by atoms with Crippen LogP contribution in [0.25, 0.3) is 10.8 Å². The van der Waals surface area contributed by atoms with Gasteiger partial charge in [0.25, 0.3) is 0 Å². The Morgan fingerprint density at radius 2 is 1.79 bits per heavy atom. The summed E-state index contributed by atoms with van der Waals surface area (Å²) in [4.78, 5) is 12.9. The first-order valence-electron chi connectivity index (χ1n) is 6.09. The maximum absolute atomic E-state index is 11.3. The van der Waals surface area contributed by atoms with Crippen molar-refractivity contribution in [1.82, 2.24) is 4.90 Å². The smallest absolute Gasteiger partial charge is 0.321 e. The number of carboxylic acids is 1. The van der Waals surface area contributed by atoms with E-state index < -0.39 is 12.0 Å². The molecular weight excluding hydrogens is 242 g/mol. The molecule has 2 N–H and O–H groups in total. The number of nitrogens with zero attached hydrogens (tertiary/aromatic N) is 1. The Bertz CT molecular complexity index is 607. The molecule has 0 aromatic heterocycles. The van der Waals surface area contributed by atoms with Crippen LogP contribution in [0.4, 0.5) is 0 Å². The number of likely N-dealkylation sites (N-methyl/N-ethyl adjacent to an activating group) is 1. The highest BCUT2D eigenvalue weighted by Crippen LogP contribution is 2.27. The van der Waals surface area contributed by atoms with Crippen molar-refractivity contribution in [2.45, 2.75) is 12.5 Å². The van der Waals surface area contributed by atoms with Crippen molar-refractivity contribution >= 4 is 16.7 Å². The Labute approximate surface area is 111 Å². The number of hydrogen-bond acceptors (Lipinski definition) is 3. The van der Waals surface area contributed by atoms with E-state index >= 15 is 0 Å². The SMILES string of the molecule is CN(C)C(Cc1cccc2c(O)cccc12)C(=O)O. The molecule has 0 aliphatic carbocycles. The number of fused-ring (bicyclic) bond motifs is 1. The minimum Gasteiger partial charge on any atom is -0.507 e. The lowest BCUT2D eigenvalue weighted by atomic mass is 9.98. The van der Waals surface area contributed by atoms with Crippen molar-refractivity contribution in [1.29, 1.82) is 0 Å². The van der Waals surface area contributed by atoms with Gasteiger partial charge in [0.2, 0.25) is 0 Å². The van der Waals surface area contributed by atoms with Gasteiger partial charge in [0.05, 0.1) is 0 Å². The van der Waals surface area contributed by atoms with Gasteiger partial charge >= 0.3 is 5.97 Å². The lowest BCUT2D eigenvalue weighted by molar-refractivity contribution is -0.142. The van der Waals surface area contributed by atoms with Crippen molar-refractivity contribution in [3.05, 3.63) is 42.0 Å². The normalized spacial score (nSPS) is 12.8. The summed E-state index contributed by atoms with van der Waals surface area (Å²) >= 11 is 0. The molecule has 2 rings (SSSR count). The van der Waals surface area contributed by atoms with Gasteiger partial charge in [-0.3, -0.25) is 9.69 Å². The average Bonchev–Trinajstić information content (AvgIpc) is 2.36. The minimum absolute atomic E-state index is 0.219. The second-order valence-electron chi connectivity index (χ2n) is 4.81. The summed E-state index contributed by atoms with van der Waals surface area (Å²) < 4.78 is 0. The molecule has 0 aliphatic heterocycles. The Morgan fingerprint density at radius 3 is 2.42 bits per heavy atom. The topological polar surface area (TPSA) is 60.8 Å². The molecule has 0 saturated heterocycles. The fourth-order valence-electron chi connectivity index (χ4n) is 2.24. The number of phenolic OH excluding ortho intramolecular Hbond substituents is 1. The third-order valence-electron chi connectivity index (χ3n) is 3.31. The van der Waals surface area contributed by atoms with Gasteiger partial charge in [-0.15, -0.1) is 0 Å². The third-order valence-corrected chi connectivity index (χ3v) is 3.31. The number of rotatable bonds is 4. The van der Waals surface area contributed by atoms with E-state index in [1.165, 1.54) is 0 Å². The standard InChI is InChI=1S/C15H17NO3/c1-16(2)13(15(18)19)9-10-5-3-7-12-11(10)6-4-8-14(12)17/h3-8,13,17H,9H2,1-2H3,(H,18,19). The molecule has 4 heteroatoms. The predicted octanol–water partition coefficient (Wildman–Crippen LogP) is 2.10. The maximum atomic E-state index is 11.3. The zero-order valence-corrected chi connectivity index (χ0v) is 11.0. The molecule has 0 radical (unpaired) electrons. The minimum atomic E-state index is -0.845. The molecule has 100 valence electrons. The van der Waals surface area contributed by atoms with Crippen LogP contribution in [-0.2, 0) is 11.2 Å². The van der Waals surface area contributed by atoms with Gasteiger partial charge in [-0.1, -0.05) is 30.3 Å². The second-order valence-corrected chi connectivity index (χ2v) is 4.81. The van der Waals surface area contributed by atoms with Crippen LogP contribution >= 0.6 is 0 Å². The molecule has 0 amide bonds. The highest BCUT2D eigenvalue weighted by Gasteiger charge is 2.21. The molecule has 0 bridgehead atoms. The van der Waals surface area contributed by atoms with Gasteiger partial charge in [-0.2, -0.15) is 0 Å². The van der Waals surface area contributed by atoms with Gasteiger partial charge in [0, 0.05) is 5.39 Å². The summed E-state index contributed by atoms with van der Waals surface area (Å²) in [5, 5.41) is 20.7. The van der Waals surface area contributed by atoms with Crippen LogP contribution < -0.4 is 0 Å². The molecule has 2 aromatic rings. The van der Waals surface area contributed by atoms with Crippen molar-refractivity contribution in [3.63, 3.8) is 0 Å². The summed E-state index contributed by atoms with van der Waals surface area (Å²) in [5.41, 5.74) is 0.925. The molecule has 4 nitrogen and oxygen atoms in total. The molecular formula is C15H17NO3. The molecule has 0 fully saturated rings. The van der Waals surface area contributed by atoms with Crippen LogP contribution in [0, 0.1) is 0 Å². The van der Waals surface area contributed by atoms with Gasteiger partial charge in [0.15, 0.2) is 0 Å². The Hall–Kier alpha value is -2.07. The van der Waals surface area contributed by atoms with Crippen LogP contribution in [-0.4, -0.2) is 41.2 Å². The van der Waals surface area contributed by atoms with Gasteiger partial charge in [0.1, 0.15) is 11.8 Å². The number of benzene rings is 2. The fourth-order valence-corrected chi connectivity index (χ4v) is 2.24. The monoisotopic (exact) mass is 259 g/mol. The maximum Gasteiger partial charge on any atom is 0.321 e. The van der Waals surface area contributed by atoms with E-state index in [4.69, 9.17) is 0 Å². The van der Waals surface area contributed by atoms with E-state index in [9.17, 15) is 15.0 Å². The lowest BCUT2D eigenvalue weighted by Gasteiger charge is -2.20. The number of aliphatic carboxylic acids is 1. The molecule has 0 spiro atoms. The van der Waals surface area contributed by atoms with Crippen LogP contribution in [0.3, 0.4) is 0 Å². The first-order chi connectivity index (χ1) is 9.00. The number of aromatic hydroxyl groups is 1. The zero-order valence-electron chi connectivity index (χ0n) is 11.0. The van der Waals surface area contributed by atoms with Crippen LogP contribution in [0.1, 0.15) is 5.56 Å². The predicted molar refractivity (Wildman–Crippen MR) is 74.4 cm³/mol. The van der Waals surface area contributed by atoms with Crippen molar-refractivity contribution in [2.24, 2.45) is 0 Å². The van der Waals surface area contributed by atoms with Gasteiger partial charge < -0.3 is 10.2 Å². The van der Waals surface area contributed by atoms with E-state index in [1.54, 1.807) is 31.1 Å². The van der Waals surface area contributed by atoms with E-state index in [1.807, 2.05) is 24.3 Å². The summed E-state index contributed by atoms with van der Waals surface area (Å²) in [7, 11) is 3.50. The number of phenols is 1. The lowest BCUT2D eigenvalue weighted by Crippen LogP contribution is -2.37. The fraction of sp³-hybridized carbons (Fsp3) is 0.267. The summed E-state index contributed by atoms with van der Waals surface area (Å²) in [6.45, 7) is 0. The first kappa shape index (κ1) is 13.4. The largest absolute Gasteiger partial charge is 0.507 e. The van der Waals surface area contributed by atoms with Crippen molar-refractivity contribution < 1.29 is 15.0 Å². The quantitative estimate of drug-likeness (QED) is 0.882. The first-order valence-corrected chi connectivity index (χ1v) is 6.09. The average molecular weight is 259 g/mol. The number of hydrogen-bond donors (Lipinski definition) is 2. The Morgan fingerprint density at radius 1 is 1.16 bits per heavy atom. The molecule has 0 aliphatic rings. The van der Waals surface area contributed by atoms with Crippen molar-refractivity contribution in [3.8, 4) is 5.75 Å². The molecule has 2 aromatic carbocycles. The highest BCUT2D eigenvalue weighted by atomic mass is 16.4.